The molecule has 17 nitrogen and oxygen atoms in total. The SMILES string of the molecule is CCCCCCCCCCCCCCCCCCOC[C@@H](O)COP(=O)([O-])O[C@@H]1[C@H](OC(=O)CCCCCCCCCCCCCCC)[C@H](O)[C@@H](O)[C@H](O)[C@H]1O[C@H]1O[C@H](CO)[C@@H](O)[C@H](O)[C@H]1[NH3+]. The molecule has 1 heterocycles. The maximum Gasteiger partial charge on any atom is 0.306 e. The molecule has 1 saturated carbocycles. The molecule has 0 radical (unpaired) electrons. The average Bonchev–Trinajstić information content (AvgIpc) is 3.31. The number of unbranched alkanes of at least 4 members (excludes halogenated alkanes) is 27. The minimum Gasteiger partial charge on any atom is -0.756 e. The van der Waals surface area contributed by atoms with Crippen molar-refractivity contribution < 1.29 is 83.7 Å². The summed E-state index contributed by atoms with van der Waals surface area (Å²) < 4.78 is 46.2. The second kappa shape index (κ2) is 37.9. The normalized spacial score (nSPS) is 28.1. The summed E-state index contributed by atoms with van der Waals surface area (Å²) in [7, 11) is -5.47. The van der Waals surface area contributed by atoms with Crippen LogP contribution in [-0.4, -0.2) is 142 Å². The van der Waals surface area contributed by atoms with Crippen LogP contribution in [0.3, 0.4) is 0 Å². The molecule has 398 valence electrons. The highest BCUT2D eigenvalue weighted by Crippen LogP contribution is 2.45. The van der Waals surface area contributed by atoms with E-state index < -0.39 is 100 Å². The van der Waals surface area contributed by atoms with Gasteiger partial charge in [-0.05, 0) is 12.8 Å². The zero-order valence-corrected chi connectivity index (χ0v) is 42.3. The highest BCUT2D eigenvalue weighted by Gasteiger charge is 2.56. The van der Waals surface area contributed by atoms with Gasteiger partial charge in [-0.1, -0.05) is 187 Å². The van der Waals surface area contributed by atoms with Crippen molar-refractivity contribution in [3.8, 4) is 0 Å². The lowest BCUT2D eigenvalue weighted by Gasteiger charge is -2.48. The Hall–Kier alpha value is -0.860. The van der Waals surface area contributed by atoms with Crippen molar-refractivity contribution in [1.29, 1.82) is 0 Å². The first-order valence-electron chi connectivity index (χ1n) is 26.5. The Morgan fingerprint density at radius 1 is 0.597 bits per heavy atom. The van der Waals surface area contributed by atoms with Gasteiger partial charge in [-0.15, -0.1) is 0 Å². The summed E-state index contributed by atoms with van der Waals surface area (Å²) >= 11 is 0. The maximum atomic E-state index is 13.3. The number of aliphatic hydroxyl groups excluding tert-OH is 7. The second-order valence-corrected chi connectivity index (χ2v) is 20.6. The quantitative estimate of drug-likeness (QED) is 0.0215. The summed E-state index contributed by atoms with van der Waals surface area (Å²) in [6.45, 7) is 3.07. The van der Waals surface area contributed by atoms with Crippen LogP contribution in [0.1, 0.15) is 206 Å². The highest BCUT2D eigenvalue weighted by molar-refractivity contribution is 7.45. The van der Waals surface area contributed by atoms with Crippen molar-refractivity contribution in [2.75, 3.05) is 26.4 Å². The third-order valence-electron chi connectivity index (χ3n) is 13.2. The molecular formula is C49H96NO16P. The summed E-state index contributed by atoms with van der Waals surface area (Å²) in [5, 5.41) is 74.2. The summed E-state index contributed by atoms with van der Waals surface area (Å²) in [6.07, 6.45) is 14.3. The fourth-order valence-corrected chi connectivity index (χ4v) is 9.84. The van der Waals surface area contributed by atoms with Crippen LogP contribution in [0.2, 0.25) is 0 Å². The highest BCUT2D eigenvalue weighted by atomic mass is 31.2. The van der Waals surface area contributed by atoms with Crippen LogP contribution in [0.5, 0.6) is 0 Å². The van der Waals surface area contributed by atoms with E-state index in [9.17, 15) is 50.0 Å². The van der Waals surface area contributed by atoms with Crippen molar-refractivity contribution >= 4 is 13.8 Å². The van der Waals surface area contributed by atoms with Gasteiger partial charge in [0.15, 0.2) is 12.1 Å². The first kappa shape index (κ1) is 62.3. The molecule has 2 aliphatic rings. The zero-order valence-electron chi connectivity index (χ0n) is 41.4. The van der Waals surface area contributed by atoms with E-state index in [0.29, 0.717) is 13.0 Å². The van der Waals surface area contributed by atoms with Crippen LogP contribution in [0.25, 0.3) is 0 Å². The number of quaternary nitrogens is 1. The molecule has 0 aromatic heterocycles. The van der Waals surface area contributed by atoms with E-state index in [-0.39, 0.29) is 13.0 Å². The van der Waals surface area contributed by atoms with Gasteiger partial charge in [0, 0.05) is 13.0 Å². The fraction of sp³-hybridized carbons (Fsp3) is 0.980. The van der Waals surface area contributed by atoms with Crippen LogP contribution in [-0.2, 0) is 37.4 Å². The molecule has 0 spiro atoms. The number of hydrogen-bond acceptors (Lipinski definition) is 16. The topological polar surface area (TPSA) is 282 Å². The Morgan fingerprint density at radius 3 is 1.49 bits per heavy atom. The van der Waals surface area contributed by atoms with Crippen molar-refractivity contribution in [3.63, 3.8) is 0 Å². The Balaban J connectivity index is 1.87. The lowest BCUT2D eigenvalue weighted by molar-refractivity contribution is -0.506. The second-order valence-electron chi connectivity index (χ2n) is 19.2. The third kappa shape index (κ3) is 26.4. The molecule has 0 aromatic carbocycles. The number of phosphoric acid groups is 1. The first-order chi connectivity index (χ1) is 32.3. The van der Waals surface area contributed by atoms with Crippen molar-refractivity contribution in [1.82, 2.24) is 0 Å². The lowest BCUT2D eigenvalue weighted by Crippen LogP contribution is -2.79. The van der Waals surface area contributed by atoms with Crippen LogP contribution < -0.4 is 10.6 Å². The van der Waals surface area contributed by atoms with Gasteiger partial charge in [0.2, 0.25) is 6.29 Å². The van der Waals surface area contributed by atoms with Gasteiger partial charge in [-0.3, -0.25) is 9.36 Å². The standard InChI is InChI=1S/C49H96NO16P/c1-3-5-7-9-11-13-15-17-18-19-21-23-25-27-29-31-33-61-35-37(52)36-62-67(59,60)66-48-46(64-39(53)32-30-28-26-24-22-20-16-14-12-10-8-6-4-2)44(57)43(56)45(58)47(48)65-49-40(50)42(55)41(54)38(34-51)63-49/h37-38,40-49,51-52,54-58H,3-36,50H2,1-2H3,(H,59,60)/t37-,38-,40-,41-,42-,43-,44-,45+,46-,47-,48-,49-/m1/s1. The van der Waals surface area contributed by atoms with E-state index in [1.54, 1.807) is 0 Å². The minimum absolute atomic E-state index is 0.0933. The number of ether oxygens (including phenoxy) is 4. The van der Waals surface area contributed by atoms with Gasteiger partial charge in [-0.25, -0.2) is 0 Å². The summed E-state index contributed by atoms with van der Waals surface area (Å²) in [5.41, 5.74) is 3.74. The van der Waals surface area contributed by atoms with Crippen molar-refractivity contribution in [2.45, 2.75) is 280 Å². The Kier molecular flexibility index (Phi) is 35.2. The van der Waals surface area contributed by atoms with E-state index in [1.165, 1.54) is 122 Å². The fourth-order valence-electron chi connectivity index (χ4n) is 8.88. The molecule has 2 fully saturated rings. The third-order valence-corrected chi connectivity index (χ3v) is 14.2. The van der Waals surface area contributed by atoms with Gasteiger partial charge in [0.25, 0.3) is 7.82 Å². The first-order valence-corrected chi connectivity index (χ1v) is 28.0. The molecule has 0 aromatic rings. The Morgan fingerprint density at radius 2 is 1.03 bits per heavy atom. The van der Waals surface area contributed by atoms with E-state index in [4.69, 9.17) is 28.0 Å². The summed E-state index contributed by atoms with van der Waals surface area (Å²) in [5.74, 6) is -0.829. The van der Waals surface area contributed by atoms with Crippen LogP contribution >= 0.6 is 7.82 Å². The van der Waals surface area contributed by atoms with E-state index in [0.717, 1.165) is 57.8 Å². The molecule has 0 amide bonds. The molecule has 0 bridgehead atoms. The predicted octanol–water partition coefficient (Wildman–Crippen LogP) is 5.42. The Labute approximate surface area is 402 Å². The van der Waals surface area contributed by atoms with E-state index in [1.807, 2.05) is 0 Å². The van der Waals surface area contributed by atoms with Gasteiger partial charge >= 0.3 is 5.97 Å². The smallest absolute Gasteiger partial charge is 0.306 e. The van der Waals surface area contributed by atoms with E-state index in [2.05, 4.69) is 19.6 Å². The molecule has 13 atom stereocenters. The molecule has 18 heteroatoms. The number of esters is 1. The minimum atomic E-state index is -5.47. The molecule has 1 saturated heterocycles. The monoisotopic (exact) mass is 986 g/mol. The van der Waals surface area contributed by atoms with Crippen LogP contribution in [0, 0.1) is 0 Å². The number of rotatable bonds is 42. The number of aliphatic hydroxyl groups is 7. The maximum absolute atomic E-state index is 13.3. The summed E-state index contributed by atoms with van der Waals surface area (Å²) in [6, 6.07) is -1.27. The zero-order chi connectivity index (χ0) is 49.3. The lowest BCUT2D eigenvalue weighted by atomic mass is 9.84. The predicted molar refractivity (Wildman–Crippen MR) is 252 cm³/mol. The van der Waals surface area contributed by atoms with Crippen molar-refractivity contribution in [3.05, 3.63) is 0 Å². The number of phosphoric ester groups is 1. The molecule has 1 unspecified atom stereocenters. The van der Waals surface area contributed by atoms with Gasteiger partial charge in [0.05, 0.1) is 19.8 Å². The van der Waals surface area contributed by atoms with Gasteiger partial charge in [0.1, 0.15) is 54.9 Å². The molecule has 67 heavy (non-hydrogen) atoms. The number of hydrogen-bond donors (Lipinski definition) is 8. The number of carbonyl (C=O) groups is 1. The molecular weight excluding hydrogens is 890 g/mol. The van der Waals surface area contributed by atoms with Gasteiger partial charge in [-0.2, -0.15) is 0 Å². The molecule has 10 N–H and O–H groups in total. The average molecular weight is 986 g/mol. The molecule has 1 aliphatic carbocycles. The Bertz CT molecular complexity index is 1260. The van der Waals surface area contributed by atoms with Crippen LogP contribution in [0.15, 0.2) is 0 Å². The van der Waals surface area contributed by atoms with Crippen LogP contribution in [0.4, 0.5) is 0 Å². The molecule has 2 rings (SSSR count). The van der Waals surface area contributed by atoms with E-state index >= 15 is 0 Å². The van der Waals surface area contributed by atoms with Crippen molar-refractivity contribution in [2.24, 2.45) is 0 Å². The largest absolute Gasteiger partial charge is 0.756 e. The number of carbonyl (C=O) groups excluding carboxylic acids is 1. The summed E-state index contributed by atoms with van der Waals surface area (Å²) in [4.78, 5) is 26.5. The molecule has 1 aliphatic heterocycles. The van der Waals surface area contributed by atoms with Gasteiger partial charge < -0.3 is 74.4 Å².